The Morgan fingerprint density at radius 3 is 2.55 bits per heavy atom. The lowest BCUT2D eigenvalue weighted by molar-refractivity contribution is -0.148. The minimum atomic E-state index is -1.37. The highest BCUT2D eigenvalue weighted by atomic mass is 16.6. The molecule has 5 heteroatoms. The fourth-order valence-corrected chi connectivity index (χ4v) is 2.02. The molecule has 5 nitrogen and oxygen atoms in total. The number of carbonyl (C=O) groups is 3. The summed E-state index contributed by atoms with van der Waals surface area (Å²) in [5.74, 6) is -1.61. The summed E-state index contributed by atoms with van der Waals surface area (Å²) in [7, 11) is 0. The normalized spacial score (nSPS) is 17.3. The van der Waals surface area contributed by atoms with Crippen molar-refractivity contribution in [1.82, 2.24) is 0 Å². The van der Waals surface area contributed by atoms with Crippen molar-refractivity contribution in [2.75, 3.05) is 6.61 Å². The van der Waals surface area contributed by atoms with Crippen LogP contribution in [0.25, 0.3) is 0 Å². The molecule has 0 bridgehead atoms. The van der Waals surface area contributed by atoms with Crippen LogP contribution in [-0.4, -0.2) is 30.2 Å². The van der Waals surface area contributed by atoms with Crippen LogP contribution in [0, 0.1) is 5.92 Å². The van der Waals surface area contributed by atoms with Gasteiger partial charge in [-0.05, 0) is 13.0 Å². The molecule has 0 radical (unpaired) electrons. The molecule has 0 spiro atoms. The van der Waals surface area contributed by atoms with Crippen LogP contribution in [0.4, 0.5) is 0 Å². The molecule has 1 atom stereocenters. The SMILES string of the molecule is CCOc1cccc2c1C(=O)C(OC(=O)C(C)C)C2=O. The third-order valence-corrected chi connectivity index (χ3v) is 3.02. The second-order valence-corrected chi connectivity index (χ2v) is 4.81. The lowest BCUT2D eigenvalue weighted by Crippen LogP contribution is -2.30. The van der Waals surface area contributed by atoms with Gasteiger partial charge in [0.25, 0.3) is 0 Å². The Morgan fingerprint density at radius 1 is 1.25 bits per heavy atom. The second-order valence-electron chi connectivity index (χ2n) is 4.81. The summed E-state index contributed by atoms with van der Waals surface area (Å²) < 4.78 is 10.4. The summed E-state index contributed by atoms with van der Waals surface area (Å²) in [6.07, 6.45) is -1.37. The summed E-state index contributed by atoms with van der Waals surface area (Å²) in [5, 5.41) is 0. The first-order valence-corrected chi connectivity index (χ1v) is 6.52. The largest absolute Gasteiger partial charge is 0.493 e. The van der Waals surface area contributed by atoms with Crippen molar-refractivity contribution in [3.63, 3.8) is 0 Å². The van der Waals surface area contributed by atoms with Crippen molar-refractivity contribution < 1.29 is 23.9 Å². The molecule has 0 aliphatic heterocycles. The first-order chi connectivity index (χ1) is 9.47. The van der Waals surface area contributed by atoms with Crippen LogP contribution in [0.15, 0.2) is 18.2 Å². The van der Waals surface area contributed by atoms with E-state index in [2.05, 4.69) is 0 Å². The van der Waals surface area contributed by atoms with Crippen LogP contribution in [0.3, 0.4) is 0 Å². The molecular formula is C15H16O5. The lowest BCUT2D eigenvalue weighted by Gasteiger charge is -2.11. The highest BCUT2D eigenvalue weighted by Crippen LogP contribution is 2.32. The van der Waals surface area contributed by atoms with Gasteiger partial charge >= 0.3 is 5.97 Å². The Labute approximate surface area is 116 Å². The van der Waals surface area contributed by atoms with E-state index in [9.17, 15) is 14.4 Å². The van der Waals surface area contributed by atoms with E-state index in [0.29, 0.717) is 12.4 Å². The molecule has 106 valence electrons. The molecule has 1 aromatic rings. The number of carbonyl (C=O) groups excluding carboxylic acids is 3. The summed E-state index contributed by atoms with van der Waals surface area (Å²) in [4.78, 5) is 36.0. The quantitative estimate of drug-likeness (QED) is 0.621. The number of ether oxygens (including phenoxy) is 2. The molecule has 1 unspecified atom stereocenters. The van der Waals surface area contributed by atoms with E-state index in [1.165, 1.54) is 0 Å². The molecule has 0 saturated carbocycles. The van der Waals surface area contributed by atoms with Crippen LogP contribution in [0.1, 0.15) is 41.5 Å². The first-order valence-electron chi connectivity index (χ1n) is 6.52. The van der Waals surface area contributed by atoms with E-state index in [1.54, 1.807) is 39.0 Å². The predicted octanol–water partition coefficient (Wildman–Crippen LogP) is 2.03. The van der Waals surface area contributed by atoms with Crippen molar-refractivity contribution in [2.24, 2.45) is 5.92 Å². The Morgan fingerprint density at radius 2 is 1.95 bits per heavy atom. The van der Waals surface area contributed by atoms with Crippen molar-refractivity contribution in [3.05, 3.63) is 29.3 Å². The molecule has 0 aromatic heterocycles. The van der Waals surface area contributed by atoms with Gasteiger partial charge in [0.15, 0.2) is 0 Å². The Bertz CT molecular complexity index is 574. The van der Waals surface area contributed by atoms with Gasteiger partial charge in [0.1, 0.15) is 5.75 Å². The summed E-state index contributed by atoms with van der Waals surface area (Å²) in [5.41, 5.74) is 0.461. The summed E-state index contributed by atoms with van der Waals surface area (Å²) in [6.45, 7) is 5.46. The van der Waals surface area contributed by atoms with Crippen LogP contribution in [-0.2, 0) is 9.53 Å². The Kier molecular flexibility index (Phi) is 3.88. The molecule has 20 heavy (non-hydrogen) atoms. The molecule has 0 fully saturated rings. The standard InChI is InChI=1S/C15H16O5/c1-4-19-10-7-5-6-9-11(10)13(17)14(12(9)16)20-15(18)8(2)3/h5-8,14H,4H2,1-3H3. The number of rotatable bonds is 4. The Hall–Kier alpha value is -2.17. The van der Waals surface area contributed by atoms with Gasteiger partial charge in [-0.1, -0.05) is 26.0 Å². The van der Waals surface area contributed by atoms with Crippen LogP contribution < -0.4 is 4.74 Å². The zero-order chi connectivity index (χ0) is 14.9. The van der Waals surface area contributed by atoms with Gasteiger partial charge in [-0.25, -0.2) is 0 Å². The topological polar surface area (TPSA) is 69.7 Å². The number of fused-ring (bicyclic) bond motifs is 1. The fourth-order valence-electron chi connectivity index (χ4n) is 2.02. The van der Waals surface area contributed by atoms with Gasteiger partial charge in [-0.15, -0.1) is 0 Å². The maximum atomic E-state index is 12.3. The molecule has 2 rings (SSSR count). The predicted molar refractivity (Wildman–Crippen MR) is 71.0 cm³/mol. The third kappa shape index (κ3) is 2.31. The highest BCUT2D eigenvalue weighted by molar-refractivity contribution is 6.30. The van der Waals surface area contributed by atoms with Crippen molar-refractivity contribution in [1.29, 1.82) is 0 Å². The van der Waals surface area contributed by atoms with E-state index in [-0.39, 0.29) is 11.1 Å². The molecule has 1 aliphatic carbocycles. The smallest absolute Gasteiger partial charge is 0.309 e. The maximum Gasteiger partial charge on any atom is 0.309 e. The zero-order valence-electron chi connectivity index (χ0n) is 11.6. The highest BCUT2D eigenvalue weighted by Gasteiger charge is 2.43. The van der Waals surface area contributed by atoms with Gasteiger partial charge < -0.3 is 9.47 Å². The van der Waals surface area contributed by atoms with E-state index in [0.717, 1.165) is 0 Å². The van der Waals surface area contributed by atoms with Crippen molar-refractivity contribution in [3.8, 4) is 5.75 Å². The van der Waals surface area contributed by atoms with E-state index in [1.807, 2.05) is 0 Å². The molecule has 0 saturated heterocycles. The van der Waals surface area contributed by atoms with Gasteiger partial charge in [-0.2, -0.15) is 0 Å². The van der Waals surface area contributed by atoms with Gasteiger partial charge in [0.05, 0.1) is 18.1 Å². The van der Waals surface area contributed by atoms with Crippen LogP contribution in [0.2, 0.25) is 0 Å². The average molecular weight is 276 g/mol. The summed E-state index contributed by atoms with van der Waals surface area (Å²) >= 11 is 0. The zero-order valence-corrected chi connectivity index (χ0v) is 11.6. The van der Waals surface area contributed by atoms with Gasteiger partial charge in [0, 0.05) is 5.56 Å². The van der Waals surface area contributed by atoms with Gasteiger partial charge in [-0.3, -0.25) is 14.4 Å². The van der Waals surface area contributed by atoms with Crippen molar-refractivity contribution >= 4 is 17.5 Å². The number of Topliss-reactive ketones (excluding diaryl/α,β-unsaturated/α-hetero) is 2. The Balaban J connectivity index is 2.35. The van der Waals surface area contributed by atoms with Crippen molar-refractivity contribution in [2.45, 2.75) is 26.9 Å². The van der Waals surface area contributed by atoms with Crippen LogP contribution >= 0.6 is 0 Å². The maximum absolute atomic E-state index is 12.3. The molecular weight excluding hydrogens is 260 g/mol. The minimum absolute atomic E-state index is 0.209. The van der Waals surface area contributed by atoms with Crippen LogP contribution in [0.5, 0.6) is 5.75 Å². The first kappa shape index (κ1) is 14.2. The number of esters is 1. The number of benzene rings is 1. The lowest BCUT2D eigenvalue weighted by atomic mass is 10.1. The molecule has 1 aromatic carbocycles. The number of hydrogen-bond acceptors (Lipinski definition) is 5. The van der Waals surface area contributed by atoms with E-state index in [4.69, 9.17) is 9.47 Å². The number of hydrogen-bond donors (Lipinski definition) is 0. The van der Waals surface area contributed by atoms with E-state index < -0.39 is 29.6 Å². The molecule has 1 aliphatic rings. The average Bonchev–Trinajstić information content (AvgIpc) is 2.65. The third-order valence-electron chi connectivity index (χ3n) is 3.02. The molecule has 0 N–H and O–H groups in total. The summed E-state index contributed by atoms with van der Waals surface area (Å²) in [6, 6.07) is 4.81. The monoisotopic (exact) mass is 276 g/mol. The number of ketones is 2. The minimum Gasteiger partial charge on any atom is -0.493 e. The molecule has 0 amide bonds. The second kappa shape index (κ2) is 5.45. The fraction of sp³-hybridized carbons (Fsp3) is 0.400. The molecule has 0 heterocycles. The van der Waals surface area contributed by atoms with E-state index >= 15 is 0 Å². The van der Waals surface area contributed by atoms with Gasteiger partial charge in [0.2, 0.25) is 17.7 Å².